The van der Waals surface area contributed by atoms with Crippen LogP contribution in [0.4, 0.5) is 11.4 Å². The van der Waals surface area contributed by atoms with Crippen LogP contribution in [-0.2, 0) is 0 Å². The standard InChI is InChI=1S/C17H20N2OS/c1-3-13(2)20-16-11-7-10-15(12-16)19-17(21)18-14-8-5-4-6-9-14/h4-13H,3H2,1-2H3,(H2,18,19,21). The maximum Gasteiger partial charge on any atom is 0.175 e. The molecule has 110 valence electrons. The van der Waals surface area contributed by atoms with E-state index in [1.165, 1.54) is 0 Å². The maximum absolute atomic E-state index is 5.80. The van der Waals surface area contributed by atoms with Crippen LogP contribution < -0.4 is 15.4 Å². The van der Waals surface area contributed by atoms with Gasteiger partial charge in [-0.1, -0.05) is 31.2 Å². The summed E-state index contributed by atoms with van der Waals surface area (Å²) in [4.78, 5) is 0. The molecule has 0 fully saturated rings. The monoisotopic (exact) mass is 300 g/mol. The Morgan fingerprint density at radius 1 is 1.05 bits per heavy atom. The SMILES string of the molecule is CCC(C)Oc1cccc(NC(=S)Nc2ccccc2)c1. The fraction of sp³-hybridized carbons (Fsp3) is 0.235. The lowest BCUT2D eigenvalue weighted by molar-refractivity contribution is 0.217. The normalized spacial score (nSPS) is 11.5. The Hall–Kier alpha value is -2.07. The minimum atomic E-state index is 0.203. The zero-order chi connectivity index (χ0) is 15.1. The van der Waals surface area contributed by atoms with Gasteiger partial charge in [0.25, 0.3) is 0 Å². The second-order valence-corrected chi connectivity index (χ2v) is 5.22. The molecule has 0 saturated heterocycles. The van der Waals surface area contributed by atoms with Crippen molar-refractivity contribution < 1.29 is 4.74 Å². The van der Waals surface area contributed by atoms with Gasteiger partial charge in [0.2, 0.25) is 0 Å². The predicted molar refractivity (Wildman–Crippen MR) is 93.1 cm³/mol. The summed E-state index contributed by atoms with van der Waals surface area (Å²) in [7, 11) is 0. The molecule has 0 saturated carbocycles. The number of rotatable bonds is 5. The highest BCUT2D eigenvalue weighted by molar-refractivity contribution is 7.80. The van der Waals surface area contributed by atoms with Gasteiger partial charge in [-0.2, -0.15) is 0 Å². The molecule has 1 atom stereocenters. The highest BCUT2D eigenvalue weighted by Crippen LogP contribution is 2.19. The van der Waals surface area contributed by atoms with E-state index in [1.54, 1.807) is 0 Å². The first-order valence-corrected chi connectivity index (χ1v) is 7.48. The van der Waals surface area contributed by atoms with E-state index < -0.39 is 0 Å². The van der Waals surface area contributed by atoms with Crippen LogP contribution in [0.15, 0.2) is 54.6 Å². The Kier molecular flexibility index (Phi) is 5.58. The minimum Gasteiger partial charge on any atom is -0.491 e. The number of ether oxygens (including phenoxy) is 1. The summed E-state index contributed by atoms with van der Waals surface area (Å²) in [5.41, 5.74) is 1.87. The summed E-state index contributed by atoms with van der Waals surface area (Å²) in [5, 5.41) is 6.86. The molecular weight excluding hydrogens is 280 g/mol. The molecule has 0 bridgehead atoms. The lowest BCUT2D eigenvalue weighted by atomic mass is 10.3. The van der Waals surface area contributed by atoms with Crippen molar-refractivity contribution in [3.05, 3.63) is 54.6 Å². The molecule has 0 radical (unpaired) electrons. The minimum absolute atomic E-state index is 0.203. The summed E-state index contributed by atoms with van der Waals surface area (Å²) >= 11 is 5.31. The first kappa shape index (κ1) is 15.3. The van der Waals surface area contributed by atoms with Crippen LogP contribution in [0.25, 0.3) is 0 Å². The smallest absolute Gasteiger partial charge is 0.175 e. The summed E-state index contributed by atoms with van der Waals surface area (Å²) in [5.74, 6) is 0.844. The van der Waals surface area contributed by atoms with Crippen molar-refractivity contribution in [1.82, 2.24) is 0 Å². The molecule has 2 aromatic carbocycles. The Morgan fingerprint density at radius 2 is 1.71 bits per heavy atom. The highest BCUT2D eigenvalue weighted by atomic mass is 32.1. The first-order valence-electron chi connectivity index (χ1n) is 7.07. The molecule has 0 amide bonds. The Bertz CT molecular complexity index is 586. The number of hydrogen-bond acceptors (Lipinski definition) is 2. The summed E-state index contributed by atoms with van der Waals surface area (Å²) in [6, 6.07) is 17.6. The van der Waals surface area contributed by atoms with Gasteiger partial charge in [-0.25, -0.2) is 0 Å². The lowest BCUT2D eigenvalue weighted by Crippen LogP contribution is -2.19. The van der Waals surface area contributed by atoms with Crippen LogP contribution in [0.5, 0.6) is 5.75 Å². The van der Waals surface area contributed by atoms with Crippen molar-refractivity contribution in [1.29, 1.82) is 0 Å². The number of para-hydroxylation sites is 1. The summed E-state index contributed by atoms with van der Waals surface area (Å²) in [6.45, 7) is 4.16. The molecule has 0 aliphatic rings. The number of benzene rings is 2. The molecule has 2 N–H and O–H groups in total. The van der Waals surface area contributed by atoms with E-state index in [-0.39, 0.29) is 6.10 Å². The van der Waals surface area contributed by atoms with Crippen molar-refractivity contribution in [2.24, 2.45) is 0 Å². The summed E-state index contributed by atoms with van der Waals surface area (Å²) < 4.78 is 5.80. The number of nitrogens with one attached hydrogen (secondary N) is 2. The van der Waals surface area contributed by atoms with Gasteiger partial charge in [-0.15, -0.1) is 0 Å². The molecule has 4 heteroatoms. The van der Waals surface area contributed by atoms with Gasteiger partial charge >= 0.3 is 0 Å². The second-order valence-electron chi connectivity index (χ2n) is 4.81. The maximum atomic E-state index is 5.80. The fourth-order valence-electron chi connectivity index (χ4n) is 1.78. The predicted octanol–water partition coefficient (Wildman–Crippen LogP) is 4.67. The van der Waals surface area contributed by atoms with E-state index in [1.807, 2.05) is 54.6 Å². The average molecular weight is 300 g/mol. The molecule has 0 aliphatic heterocycles. The van der Waals surface area contributed by atoms with Gasteiger partial charge in [0.1, 0.15) is 5.75 Å². The van der Waals surface area contributed by atoms with E-state index in [0.717, 1.165) is 23.5 Å². The molecule has 0 aromatic heterocycles. The molecular formula is C17H20N2OS. The van der Waals surface area contributed by atoms with Gasteiger partial charge in [0, 0.05) is 17.4 Å². The van der Waals surface area contributed by atoms with Crippen molar-refractivity contribution in [3.63, 3.8) is 0 Å². The van der Waals surface area contributed by atoms with E-state index in [2.05, 4.69) is 24.5 Å². The lowest BCUT2D eigenvalue weighted by Gasteiger charge is -2.14. The van der Waals surface area contributed by atoms with Crippen LogP contribution in [0.3, 0.4) is 0 Å². The van der Waals surface area contributed by atoms with Crippen LogP contribution in [0.1, 0.15) is 20.3 Å². The first-order chi connectivity index (χ1) is 10.2. The number of hydrogen-bond donors (Lipinski definition) is 2. The third kappa shape index (κ3) is 5.08. The number of anilines is 2. The van der Waals surface area contributed by atoms with E-state index in [9.17, 15) is 0 Å². The van der Waals surface area contributed by atoms with E-state index in [4.69, 9.17) is 17.0 Å². The van der Waals surface area contributed by atoms with Crippen molar-refractivity contribution >= 4 is 28.7 Å². The zero-order valence-corrected chi connectivity index (χ0v) is 13.1. The largest absolute Gasteiger partial charge is 0.491 e. The van der Waals surface area contributed by atoms with Gasteiger partial charge in [-0.05, 0) is 49.8 Å². The highest BCUT2D eigenvalue weighted by Gasteiger charge is 2.03. The molecule has 0 heterocycles. The quantitative estimate of drug-likeness (QED) is 0.786. The Balaban J connectivity index is 1.96. The molecule has 2 rings (SSSR count). The molecule has 0 aliphatic carbocycles. The van der Waals surface area contributed by atoms with Crippen molar-refractivity contribution in [2.45, 2.75) is 26.4 Å². The average Bonchev–Trinajstić information content (AvgIpc) is 2.48. The molecule has 21 heavy (non-hydrogen) atoms. The molecule has 3 nitrogen and oxygen atoms in total. The van der Waals surface area contributed by atoms with Gasteiger partial charge in [0.15, 0.2) is 5.11 Å². The van der Waals surface area contributed by atoms with E-state index >= 15 is 0 Å². The van der Waals surface area contributed by atoms with Crippen molar-refractivity contribution in [3.8, 4) is 5.75 Å². The second kappa shape index (κ2) is 7.64. The van der Waals surface area contributed by atoms with Crippen molar-refractivity contribution in [2.75, 3.05) is 10.6 Å². The van der Waals surface area contributed by atoms with Gasteiger partial charge in [0.05, 0.1) is 6.10 Å². The van der Waals surface area contributed by atoms with Gasteiger partial charge < -0.3 is 15.4 Å². The Morgan fingerprint density at radius 3 is 2.43 bits per heavy atom. The van der Waals surface area contributed by atoms with Crippen LogP contribution >= 0.6 is 12.2 Å². The third-order valence-electron chi connectivity index (χ3n) is 3.04. The van der Waals surface area contributed by atoms with E-state index in [0.29, 0.717) is 5.11 Å². The topological polar surface area (TPSA) is 33.3 Å². The zero-order valence-electron chi connectivity index (χ0n) is 12.3. The fourth-order valence-corrected chi connectivity index (χ4v) is 2.01. The molecule has 2 aromatic rings. The summed E-state index contributed by atoms with van der Waals surface area (Å²) in [6.07, 6.45) is 1.18. The molecule has 0 spiro atoms. The Labute approximate surface area is 131 Å². The van der Waals surface area contributed by atoms with Crippen LogP contribution in [0, 0.1) is 0 Å². The third-order valence-corrected chi connectivity index (χ3v) is 3.24. The van der Waals surface area contributed by atoms with Gasteiger partial charge in [-0.3, -0.25) is 0 Å². The van der Waals surface area contributed by atoms with Crippen LogP contribution in [0.2, 0.25) is 0 Å². The number of thiocarbonyl (C=S) groups is 1. The molecule has 1 unspecified atom stereocenters. The van der Waals surface area contributed by atoms with Crippen LogP contribution in [-0.4, -0.2) is 11.2 Å².